The molecule has 1 N–H and O–H groups in total. The maximum absolute atomic E-state index is 12.7. The van der Waals surface area contributed by atoms with Crippen molar-refractivity contribution in [3.8, 4) is 0 Å². The van der Waals surface area contributed by atoms with Crippen molar-refractivity contribution in [2.75, 3.05) is 54.1 Å². The monoisotopic (exact) mass is 787 g/mol. The zero-order valence-corrected chi connectivity index (χ0v) is 37.1. The summed E-state index contributed by atoms with van der Waals surface area (Å²) < 4.78 is 35.0. The van der Waals surface area contributed by atoms with Crippen LogP contribution >= 0.6 is 7.82 Å². The highest BCUT2D eigenvalue weighted by molar-refractivity contribution is 7.47. The van der Waals surface area contributed by atoms with Crippen LogP contribution in [-0.4, -0.2) is 75.6 Å². The van der Waals surface area contributed by atoms with Gasteiger partial charge in [0.15, 0.2) is 0 Å². The van der Waals surface area contributed by atoms with Crippen LogP contribution in [0.5, 0.6) is 0 Å². The first-order valence-corrected chi connectivity index (χ1v) is 24.1. The Labute approximate surface area is 334 Å². The topological polar surface area (TPSA) is 91.3 Å². The standard InChI is InChI=1S/C45H88NO7P/c1-6-8-10-12-14-16-18-20-22-23-24-25-27-29-31-33-35-37-40-50-42-44(43-52-54(48,49)51-41-39-46(3,4)5)53-45(47)38-36-34-32-30-28-26-21-19-17-15-13-11-9-7-2/h13,15,19,21,44H,6-12,14,16-18,20,22-43H2,1-5H3/p+1/b15-13-,21-19-/t44-/m1/s1. The Bertz CT molecular complexity index is 920. The van der Waals surface area contributed by atoms with Gasteiger partial charge in [-0.05, 0) is 38.5 Å². The molecular weight excluding hydrogens is 697 g/mol. The molecule has 0 bridgehead atoms. The van der Waals surface area contributed by atoms with Crippen molar-refractivity contribution in [1.82, 2.24) is 0 Å². The van der Waals surface area contributed by atoms with Crippen molar-refractivity contribution in [2.45, 2.75) is 206 Å². The molecule has 320 valence electrons. The Morgan fingerprint density at radius 3 is 1.56 bits per heavy atom. The van der Waals surface area contributed by atoms with Gasteiger partial charge < -0.3 is 18.9 Å². The summed E-state index contributed by atoms with van der Waals surface area (Å²) in [6, 6.07) is 0. The van der Waals surface area contributed by atoms with E-state index in [1.807, 2.05) is 21.1 Å². The molecule has 0 aromatic rings. The Morgan fingerprint density at radius 1 is 0.574 bits per heavy atom. The second kappa shape index (κ2) is 38.8. The number of unbranched alkanes of at least 4 members (excludes halogenated alkanes) is 24. The molecule has 0 rings (SSSR count). The summed E-state index contributed by atoms with van der Waals surface area (Å²) in [5.41, 5.74) is 0. The van der Waals surface area contributed by atoms with E-state index >= 15 is 0 Å². The van der Waals surface area contributed by atoms with Crippen LogP contribution in [0.3, 0.4) is 0 Å². The SMILES string of the molecule is CCCC/C=C\C/C=C\CCCCCCCC(=O)O[C@H](COCCCCCCCCCCCCCCCCCCCC)COP(=O)(O)OCC[N+](C)(C)C. The highest BCUT2D eigenvalue weighted by Gasteiger charge is 2.26. The maximum atomic E-state index is 12.7. The van der Waals surface area contributed by atoms with Crippen LogP contribution in [0.4, 0.5) is 0 Å². The minimum absolute atomic E-state index is 0.0876. The lowest BCUT2D eigenvalue weighted by atomic mass is 10.0. The molecule has 0 saturated heterocycles. The summed E-state index contributed by atoms with van der Waals surface area (Å²) in [6.07, 6.45) is 43.5. The minimum atomic E-state index is -4.27. The Balaban J connectivity index is 4.19. The van der Waals surface area contributed by atoms with E-state index in [4.69, 9.17) is 18.5 Å². The van der Waals surface area contributed by atoms with Gasteiger partial charge in [-0.3, -0.25) is 13.8 Å². The van der Waals surface area contributed by atoms with Crippen LogP contribution < -0.4 is 0 Å². The quantitative estimate of drug-likeness (QED) is 0.0217. The minimum Gasteiger partial charge on any atom is -0.457 e. The number of allylic oxidation sites excluding steroid dienone is 4. The summed E-state index contributed by atoms with van der Waals surface area (Å²) in [7, 11) is 1.66. The van der Waals surface area contributed by atoms with Gasteiger partial charge in [-0.2, -0.15) is 0 Å². The second-order valence-corrected chi connectivity index (χ2v) is 17.9. The summed E-state index contributed by atoms with van der Waals surface area (Å²) in [4.78, 5) is 22.9. The van der Waals surface area contributed by atoms with Gasteiger partial charge in [0, 0.05) is 13.0 Å². The molecule has 0 aromatic carbocycles. The predicted octanol–water partition coefficient (Wildman–Crippen LogP) is 13.2. The number of phosphoric ester groups is 1. The van der Waals surface area contributed by atoms with E-state index in [0.717, 1.165) is 57.8 Å². The molecule has 1 unspecified atom stereocenters. The van der Waals surface area contributed by atoms with Gasteiger partial charge in [-0.25, -0.2) is 4.57 Å². The van der Waals surface area contributed by atoms with Crippen molar-refractivity contribution >= 4 is 13.8 Å². The molecule has 0 aliphatic carbocycles. The number of nitrogens with zero attached hydrogens (tertiary/aromatic N) is 1. The number of quaternary nitrogens is 1. The summed E-state index contributed by atoms with van der Waals surface area (Å²) in [5, 5.41) is 0. The molecule has 9 heteroatoms. The van der Waals surface area contributed by atoms with Crippen LogP contribution in [0.2, 0.25) is 0 Å². The molecule has 8 nitrogen and oxygen atoms in total. The first-order chi connectivity index (χ1) is 26.1. The van der Waals surface area contributed by atoms with Crippen LogP contribution in [0, 0.1) is 0 Å². The summed E-state index contributed by atoms with van der Waals surface area (Å²) in [5.74, 6) is -0.325. The van der Waals surface area contributed by atoms with E-state index < -0.39 is 13.9 Å². The van der Waals surface area contributed by atoms with Gasteiger partial charge >= 0.3 is 13.8 Å². The fraction of sp³-hybridized carbons (Fsp3) is 0.889. The van der Waals surface area contributed by atoms with E-state index in [9.17, 15) is 14.3 Å². The molecule has 0 aromatic heterocycles. The van der Waals surface area contributed by atoms with Gasteiger partial charge in [-0.1, -0.05) is 179 Å². The Hall–Kier alpha value is -1.02. The second-order valence-electron chi connectivity index (χ2n) is 16.4. The number of hydrogen-bond donors (Lipinski definition) is 1. The zero-order valence-electron chi connectivity index (χ0n) is 36.2. The van der Waals surface area contributed by atoms with Crippen molar-refractivity contribution in [1.29, 1.82) is 0 Å². The van der Waals surface area contributed by atoms with Gasteiger partial charge in [0.25, 0.3) is 0 Å². The van der Waals surface area contributed by atoms with E-state index in [2.05, 4.69) is 38.2 Å². The highest BCUT2D eigenvalue weighted by atomic mass is 31.2. The first-order valence-electron chi connectivity index (χ1n) is 22.6. The van der Waals surface area contributed by atoms with E-state index in [0.29, 0.717) is 24.1 Å². The normalized spacial score (nSPS) is 14.0. The van der Waals surface area contributed by atoms with Crippen LogP contribution in [0.25, 0.3) is 0 Å². The third-order valence-electron chi connectivity index (χ3n) is 9.77. The van der Waals surface area contributed by atoms with Gasteiger partial charge in [0.2, 0.25) is 0 Å². The summed E-state index contributed by atoms with van der Waals surface area (Å²) in [6.45, 7) is 5.59. The van der Waals surface area contributed by atoms with E-state index in [1.54, 1.807) is 0 Å². The molecule has 0 radical (unpaired) electrons. The molecule has 0 aliphatic rings. The fourth-order valence-electron chi connectivity index (χ4n) is 6.22. The largest absolute Gasteiger partial charge is 0.472 e. The number of likely N-dealkylation sites (N-methyl/N-ethyl adjacent to an activating group) is 1. The van der Waals surface area contributed by atoms with Crippen molar-refractivity contribution in [3.63, 3.8) is 0 Å². The van der Waals surface area contributed by atoms with Crippen molar-refractivity contribution in [3.05, 3.63) is 24.3 Å². The average Bonchev–Trinajstić information content (AvgIpc) is 3.12. The van der Waals surface area contributed by atoms with Crippen molar-refractivity contribution < 1.29 is 37.3 Å². The Kier molecular flexibility index (Phi) is 38.1. The van der Waals surface area contributed by atoms with Crippen LogP contribution in [0.15, 0.2) is 24.3 Å². The average molecular weight is 787 g/mol. The molecule has 2 atom stereocenters. The van der Waals surface area contributed by atoms with Crippen LogP contribution in [0.1, 0.15) is 200 Å². The molecule has 0 spiro atoms. The Morgan fingerprint density at radius 2 is 1.04 bits per heavy atom. The number of hydrogen-bond acceptors (Lipinski definition) is 6. The molecular formula is C45H89NO7P+. The van der Waals surface area contributed by atoms with Crippen LogP contribution in [-0.2, 0) is 27.9 Å². The number of esters is 1. The number of rotatable bonds is 42. The molecule has 54 heavy (non-hydrogen) atoms. The maximum Gasteiger partial charge on any atom is 0.472 e. The van der Waals surface area contributed by atoms with E-state index in [-0.39, 0.29) is 25.8 Å². The molecule has 0 aliphatic heterocycles. The lowest BCUT2D eigenvalue weighted by molar-refractivity contribution is -0.870. The fourth-order valence-corrected chi connectivity index (χ4v) is 6.96. The number of phosphoric acid groups is 1. The first kappa shape index (κ1) is 53.0. The van der Waals surface area contributed by atoms with Crippen molar-refractivity contribution in [2.24, 2.45) is 0 Å². The number of ether oxygens (including phenoxy) is 2. The van der Waals surface area contributed by atoms with Gasteiger partial charge in [0.1, 0.15) is 19.3 Å². The third-order valence-corrected chi connectivity index (χ3v) is 10.7. The lowest BCUT2D eigenvalue weighted by Crippen LogP contribution is -2.37. The lowest BCUT2D eigenvalue weighted by Gasteiger charge is -2.24. The zero-order chi connectivity index (χ0) is 39.9. The predicted molar refractivity (Wildman–Crippen MR) is 229 cm³/mol. The number of carbonyl (C=O) groups is 1. The van der Waals surface area contributed by atoms with Gasteiger partial charge in [0.05, 0.1) is 34.4 Å². The summed E-state index contributed by atoms with van der Waals surface area (Å²) >= 11 is 0. The smallest absolute Gasteiger partial charge is 0.457 e. The highest BCUT2D eigenvalue weighted by Crippen LogP contribution is 2.43. The van der Waals surface area contributed by atoms with E-state index in [1.165, 1.54) is 122 Å². The van der Waals surface area contributed by atoms with Gasteiger partial charge in [-0.15, -0.1) is 0 Å². The molecule has 0 fully saturated rings. The number of carbonyl (C=O) groups excluding carboxylic acids is 1. The molecule has 0 amide bonds. The molecule has 0 saturated carbocycles. The third kappa shape index (κ3) is 42.1. The molecule has 0 heterocycles.